The molecule has 1 heterocycles. The molecule has 0 fully saturated rings. The number of nitrogens with zero attached hydrogens (tertiary/aromatic N) is 2. The van der Waals surface area contributed by atoms with Gasteiger partial charge in [0.05, 0.1) is 18.7 Å². The molecule has 1 aromatic heterocycles. The molecule has 0 aliphatic rings. The number of hydrogen-bond donors (Lipinski definition) is 0. The molecule has 28 heavy (non-hydrogen) atoms. The molecule has 0 spiro atoms. The first-order valence-corrected chi connectivity index (χ1v) is 11.1. The van der Waals surface area contributed by atoms with Crippen molar-refractivity contribution >= 4 is 0 Å². The number of unbranched alkanes of at least 4 members (excludes halogenated alkanes) is 9. The second-order valence-corrected chi connectivity index (χ2v) is 7.46. The molecule has 3 nitrogen and oxygen atoms in total. The van der Waals surface area contributed by atoms with Gasteiger partial charge in [-0.05, 0) is 25.5 Å². The van der Waals surface area contributed by atoms with Gasteiger partial charge < -0.3 is 17.1 Å². The van der Waals surface area contributed by atoms with E-state index in [-0.39, 0.29) is 12.4 Å². The third-order valence-electron chi connectivity index (χ3n) is 5.22. The molecule has 1 aromatic carbocycles. The average Bonchev–Trinajstić information content (AvgIpc) is 3.12. The van der Waals surface area contributed by atoms with Gasteiger partial charge in [0.1, 0.15) is 12.4 Å². The third-order valence-corrected chi connectivity index (χ3v) is 5.22. The quantitative estimate of drug-likeness (QED) is 0.327. The number of hydrogen-bond acceptors (Lipinski definition) is 1. The summed E-state index contributed by atoms with van der Waals surface area (Å²) < 4.78 is 10.5. The van der Waals surface area contributed by atoms with Crippen molar-refractivity contribution < 1.29 is 21.7 Å². The lowest BCUT2D eigenvalue weighted by Gasteiger charge is -2.06. The first-order valence-electron chi connectivity index (χ1n) is 11.1. The second-order valence-electron chi connectivity index (χ2n) is 7.46. The van der Waals surface area contributed by atoms with Crippen molar-refractivity contribution in [3.05, 3.63) is 42.7 Å². The molecule has 0 radical (unpaired) electrons. The van der Waals surface area contributed by atoms with Gasteiger partial charge in [-0.2, -0.15) is 0 Å². The summed E-state index contributed by atoms with van der Waals surface area (Å²) in [6, 6.07) is 10.6. The standard InChI is InChI=1S/C24H39N2O.ClH/c1-3-5-6-7-8-9-10-11-12-16-21-27-22-26-20-19-25(4-2)24(26)23-17-14-13-15-18-23;/h13-15,17-20H,3-12,16,21-22H2,1-2H3;1H/q+1;/p-1. The van der Waals surface area contributed by atoms with Crippen LogP contribution >= 0.6 is 0 Å². The zero-order valence-corrected chi connectivity index (χ0v) is 18.7. The summed E-state index contributed by atoms with van der Waals surface area (Å²) in [4.78, 5) is 0. The SMILES string of the molecule is CCCCCCCCCCCCOC[n+]1ccn(CC)c1-c1ccccc1.[Cl-]. The largest absolute Gasteiger partial charge is 1.00 e. The van der Waals surface area contributed by atoms with E-state index < -0.39 is 0 Å². The summed E-state index contributed by atoms with van der Waals surface area (Å²) in [6.45, 7) is 6.92. The Morgan fingerprint density at radius 1 is 0.821 bits per heavy atom. The zero-order chi connectivity index (χ0) is 19.2. The Morgan fingerprint density at radius 3 is 2.04 bits per heavy atom. The van der Waals surface area contributed by atoms with Gasteiger partial charge in [0.25, 0.3) is 5.82 Å². The molecule has 0 aliphatic carbocycles. The minimum absolute atomic E-state index is 0. The maximum atomic E-state index is 5.96. The number of halogens is 1. The van der Waals surface area contributed by atoms with Crippen LogP contribution in [0, 0.1) is 0 Å². The molecule has 158 valence electrons. The highest BCUT2D eigenvalue weighted by Gasteiger charge is 2.17. The smallest absolute Gasteiger partial charge is 0.290 e. The summed E-state index contributed by atoms with van der Waals surface area (Å²) in [6.07, 6.45) is 17.9. The maximum absolute atomic E-state index is 5.96. The molecule has 0 saturated heterocycles. The first-order chi connectivity index (χ1) is 13.4. The van der Waals surface area contributed by atoms with E-state index in [0.717, 1.165) is 13.2 Å². The lowest BCUT2D eigenvalue weighted by molar-refractivity contribution is -0.722. The van der Waals surface area contributed by atoms with E-state index >= 15 is 0 Å². The summed E-state index contributed by atoms with van der Waals surface area (Å²) in [5.41, 5.74) is 1.24. The van der Waals surface area contributed by atoms with Crippen molar-refractivity contribution in [1.29, 1.82) is 0 Å². The van der Waals surface area contributed by atoms with E-state index in [1.54, 1.807) is 0 Å². The van der Waals surface area contributed by atoms with E-state index in [9.17, 15) is 0 Å². The van der Waals surface area contributed by atoms with Crippen LogP contribution in [0.5, 0.6) is 0 Å². The van der Waals surface area contributed by atoms with Gasteiger partial charge in [0.2, 0.25) is 0 Å². The normalized spacial score (nSPS) is 10.8. The molecular weight excluding hydrogens is 368 g/mol. The van der Waals surface area contributed by atoms with E-state index in [1.165, 1.54) is 75.6 Å². The highest BCUT2D eigenvalue weighted by atomic mass is 35.5. The minimum Gasteiger partial charge on any atom is -1.00 e. The van der Waals surface area contributed by atoms with Crippen molar-refractivity contribution in [2.75, 3.05) is 6.61 Å². The monoisotopic (exact) mass is 406 g/mol. The van der Waals surface area contributed by atoms with E-state index in [1.807, 2.05) is 0 Å². The predicted molar refractivity (Wildman–Crippen MR) is 114 cm³/mol. The Kier molecular flexibility index (Phi) is 13.8. The number of aryl methyl sites for hydroxylation is 1. The van der Waals surface area contributed by atoms with Crippen LogP contribution in [0.1, 0.15) is 78.1 Å². The van der Waals surface area contributed by atoms with E-state index in [4.69, 9.17) is 4.74 Å². The summed E-state index contributed by atoms with van der Waals surface area (Å²) in [5, 5.41) is 0. The van der Waals surface area contributed by atoms with Gasteiger partial charge in [-0.3, -0.25) is 0 Å². The Labute approximate surface area is 178 Å². The average molecular weight is 407 g/mol. The van der Waals surface area contributed by atoms with Gasteiger partial charge in [-0.25, -0.2) is 9.13 Å². The minimum atomic E-state index is 0. The number of aromatic nitrogens is 2. The van der Waals surface area contributed by atoms with Crippen LogP contribution in [-0.4, -0.2) is 11.2 Å². The van der Waals surface area contributed by atoms with Gasteiger partial charge in [-0.1, -0.05) is 82.9 Å². The van der Waals surface area contributed by atoms with Crippen LogP contribution in [0.4, 0.5) is 0 Å². The van der Waals surface area contributed by atoms with Crippen molar-refractivity contribution in [2.45, 2.75) is 91.3 Å². The molecule has 0 aliphatic heterocycles. The molecule has 4 heteroatoms. The molecule has 0 amide bonds. The molecular formula is C24H39ClN2O. The fourth-order valence-electron chi connectivity index (χ4n) is 3.60. The zero-order valence-electron chi connectivity index (χ0n) is 17.9. The summed E-state index contributed by atoms with van der Waals surface area (Å²) in [7, 11) is 0. The van der Waals surface area contributed by atoms with Crippen LogP contribution < -0.4 is 17.0 Å². The van der Waals surface area contributed by atoms with Gasteiger partial charge in [0.15, 0.2) is 6.73 Å². The molecule has 0 bridgehead atoms. The van der Waals surface area contributed by atoms with Crippen LogP contribution in [0.2, 0.25) is 0 Å². The Balaban J connectivity index is 0.00000392. The van der Waals surface area contributed by atoms with Crippen molar-refractivity contribution in [3.63, 3.8) is 0 Å². The van der Waals surface area contributed by atoms with Crippen LogP contribution in [0.25, 0.3) is 11.4 Å². The van der Waals surface area contributed by atoms with Crippen molar-refractivity contribution in [2.24, 2.45) is 0 Å². The van der Waals surface area contributed by atoms with Crippen LogP contribution in [0.3, 0.4) is 0 Å². The molecule has 0 unspecified atom stereocenters. The number of imidazole rings is 1. The molecule has 0 N–H and O–H groups in total. The molecule has 2 rings (SSSR count). The fraction of sp³-hybridized carbons (Fsp3) is 0.625. The lowest BCUT2D eigenvalue weighted by Crippen LogP contribution is -3.00. The molecule has 0 atom stereocenters. The molecule has 2 aromatic rings. The second kappa shape index (κ2) is 15.6. The Bertz CT molecular complexity index is 612. The van der Waals surface area contributed by atoms with E-state index in [2.05, 4.69) is 65.7 Å². The third kappa shape index (κ3) is 8.79. The molecule has 0 saturated carbocycles. The summed E-state index contributed by atoms with van der Waals surface area (Å²) in [5.74, 6) is 1.22. The number of rotatable bonds is 15. The van der Waals surface area contributed by atoms with E-state index in [0.29, 0.717) is 6.73 Å². The highest BCUT2D eigenvalue weighted by Crippen LogP contribution is 2.15. The lowest BCUT2D eigenvalue weighted by atomic mass is 10.1. The van der Waals surface area contributed by atoms with Gasteiger partial charge in [-0.15, -0.1) is 0 Å². The predicted octanol–water partition coefficient (Wildman–Crippen LogP) is 3.36. The Hall–Kier alpha value is -1.32. The number of benzene rings is 1. The maximum Gasteiger partial charge on any atom is 0.290 e. The fourth-order valence-corrected chi connectivity index (χ4v) is 3.60. The highest BCUT2D eigenvalue weighted by molar-refractivity contribution is 5.52. The van der Waals surface area contributed by atoms with Crippen molar-refractivity contribution in [3.8, 4) is 11.4 Å². The van der Waals surface area contributed by atoms with Crippen molar-refractivity contribution in [1.82, 2.24) is 4.57 Å². The van der Waals surface area contributed by atoms with Gasteiger partial charge in [0, 0.05) is 0 Å². The Morgan fingerprint density at radius 2 is 1.43 bits per heavy atom. The first kappa shape index (κ1) is 24.7. The van der Waals surface area contributed by atoms with Gasteiger partial charge >= 0.3 is 0 Å². The number of ether oxygens (including phenoxy) is 1. The van der Waals surface area contributed by atoms with Crippen LogP contribution in [0.15, 0.2) is 42.7 Å². The summed E-state index contributed by atoms with van der Waals surface area (Å²) >= 11 is 0. The topological polar surface area (TPSA) is 18.0 Å². The van der Waals surface area contributed by atoms with Crippen LogP contribution in [-0.2, 0) is 18.0 Å².